The van der Waals surface area contributed by atoms with E-state index in [4.69, 9.17) is 9.84 Å². The van der Waals surface area contributed by atoms with E-state index in [2.05, 4.69) is 0 Å². The van der Waals surface area contributed by atoms with Gasteiger partial charge in [-0.05, 0) is 51.4 Å². The second-order valence-electron chi connectivity index (χ2n) is 7.87. The smallest absolute Gasteiger partial charge is 0.302 e. The Hall–Kier alpha value is -1.23. The second-order valence-corrected chi connectivity index (χ2v) is 7.87. The van der Waals surface area contributed by atoms with Crippen molar-refractivity contribution in [3.05, 3.63) is 0 Å². The van der Waals surface area contributed by atoms with Crippen LogP contribution in [0.1, 0.15) is 96.8 Å². The van der Waals surface area contributed by atoms with Crippen LogP contribution in [0.4, 0.5) is 0 Å². The van der Waals surface area contributed by atoms with Crippen LogP contribution in [-0.4, -0.2) is 35.9 Å². The molecule has 2 saturated carbocycles. The highest BCUT2D eigenvalue weighted by atomic mass is 16.5. The first-order chi connectivity index (χ1) is 13.0. The SMILES string of the molecule is CC(=O)OCCCCCC1CCCC1=O.O=C1CCCC1CCCCCO. The van der Waals surface area contributed by atoms with E-state index in [-0.39, 0.29) is 5.97 Å². The summed E-state index contributed by atoms with van der Waals surface area (Å²) in [5, 5.41) is 8.54. The van der Waals surface area contributed by atoms with E-state index in [1.54, 1.807) is 0 Å². The Morgan fingerprint density at radius 1 is 0.889 bits per heavy atom. The average molecular weight is 383 g/mol. The van der Waals surface area contributed by atoms with Crippen molar-refractivity contribution in [2.75, 3.05) is 13.2 Å². The summed E-state index contributed by atoms with van der Waals surface area (Å²) in [6.07, 6.45) is 14.2. The molecule has 0 saturated heterocycles. The van der Waals surface area contributed by atoms with Crippen LogP contribution >= 0.6 is 0 Å². The molecule has 0 aromatic heterocycles. The summed E-state index contributed by atoms with van der Waals surface area (Å²) in [6.45, 7) is 2.24. The van der Waals surface area contributed by atoms with Gasteiger partial charge in [-0.2, -0.15) is 0 Å². The number of rotatable bonds is 11. The molecule has 2 aliphatic rings. The summed E-state index contributed by atoms with van der Waals surface area (Å²) in [5.74, 6) is 1.41. The fraction of sp³-hybridized carbons (Fsp3) is 0.864. The predicted octanol–water partition coefficient (Wildman–Crippen LogP) is 4.39. The Bertz CT molecular complexity index is 446. The van der Waals surface area contributed by atoms with E-state index in [0.29, 0.717) is 36.6 Å². The lowest BCUT2D eigenvalue weighted by molar-refractivity contribution is -0.141. The van der Waals surface area contributed by atoms with E-state index in [1.165, 1.54) is 6.92 Å². The van der Waals surface area contributed by atoms with Gasteiger partial charge in [-0.15, -0.1) is 0 Å². The third-order valence-electron chi connectivity index (χ3n) is 5.58. The Balaban J connectivity index is 0.000000277. The molecule has 5 heteroatoms. The summed E-state index contributed by atoms with van der Waals surface area (Å²) in [4.78, 5) is 33.0. The molecule has 2 unspecified atom stereocenters. The van der Waals surface area contributed by atoms with Crippen molar-refractivity contribution >= 4 is 17.5 Å². The van der Waals surface area contributed by atoms with Crippen molar-refractivity contribution in [2.45, 2.75) is 96.8 Å². The molecule has 156 valence electrons. The molecule has 2 rings (SSSR count). The summed E-state index contributed by atoms with van der Waals surface area (Å²) in [5.41, 5.74) is 0. The lowest BCUT2D eigenvalue weighted by Gasteiger charge is -2.07. The van der Waals surface area contributed by atoms with E-state index < -0.39 is 0 Å². The minimum Gasteiger partial charge on any atom is -0.466 e. The highest BCUT2D eigenvalue weighted by Gasteiger charge is 2.23. The number of esters is 1. The topological polar surface area (TPSA) is 80.7 Å². The van der Waals surface area contributed by atoms with Crippen LogP contribution in [0.15, 0.2) is 0 Å². The molecule has 27 heavy (non-hydrogen) atoms. The molecule has 1 N–H and O–H groups in total. The van der Waals surface area contributed by atoms with Crippen LogP contribution in [0.5, 0.6) is 0 Å². The van der Waals surface area contributed by atoms with Crippen molar-refractivity contribution in [3.63, 3.8) is 0 Å². The van der Waals surface area contributed by atoms with E-state index in [9.17, 15) is 14.4 Å². The van der Waals surface area contributed by atoms with Crippen molar-refractivity contribution in [1.82, 2.24) is 0 Å². The molecule has 0 aromatic carbocycles. The lowest BCUT2D eigenvalue weighted by Crippen LogP contribution is -2.06. The zero-order valence-electron chi connectivity index (χ0n) is 17.0. The highest BCUT2D eigenvalue weighted by Crippen LogP contribution is 2.26. The fourth-order valence-corrected chi connectivity index (χ4v) is 3.95. The number of unbranched alkanes of at least 4 members (excludes halogenated alkanes) is 4. The molecular formula is C22H38O5. The van der Waals surface area contributed by atoms with Crippen LogP contribution in [0, 0.1) is 11.8 Å². The predicted molar refractivity (Wildman–Crippen MR) is 105 cm³/mol. The van der Waals surface area contributed by atoms with Gasteiger partial charge in [0.2, 0.25) is 0 Å². The quantitative estimate of drug-likeness (QED) is 0.423. The third-order valence-corrected chi connectivity index (χ3v) is 5.58. The molecule has 0 aromatic rings. The fourth-order valence-electron chi connectivity index (χ4n) is 3.95. The Morgan fingerprint density at radius 3 is 1.81 bits per heavy atom. The van der Waals surface area contributed by atoms with Crippen molar-refractivity contribution < 1.29 is 24.2 Å². The van der Waals surface area contributed by atoms with Gasteiger partial charge in [0.25, 0.3) is 0 Å². The molecule has 2 atom stereocenters. The monoisotopic (exact) mass is 382 g/mol. The van der Waals surface area contributed by atoms with Gasteiger partial charge in [0.05, 0.1) is 6.61 Å². The van der Waals surface area contributed by atoms with Gasteiger partial charge < -0.3 is 9.84 Å². The number of ketones is 2. The molecular weight excluding hydrogens is 344 g/mol. The first-order valence-electron chi connectivity index (χ1n) is 10.8. The highest BCUT2D eigenvalue weighted by molar-refractivity contribution is 5.83. The third kappa shape index (κ3) is 11.3. The number of aliphatic hydroxyl groups is 1. The van der Waals surface area contributed by atoms with Gasteiger partial charge in [-0.25, -0.2) is 0 Å². The number of carbonyl (C=O) groups is 3. The number of aliphatic hydroxyl groups excluding tert-OH is 1. The van der Waals surface area contributed by atoms with Gasteiger partial charge in [-0.3, -0.25) is 14.4 Å². The molecule has 5 nitrogen and oxygen atoms in total. The number of Topliss-reactive ketones (excluding diaryl/α,β-unsaturated/α-hetero) is 2. The van der Waals surface area contributed by atoms with Gasteiger partial charge in [0.1, 0.15) is 11.6 Å². The number of ether oxygens (including phenoxy) is 1. The Morgan fingerprint density at radius 2 is 1.41 bits per heavy atom. The molecule has 0 amide bonds. The number of carbonyl (C=O) groups excluding carboxylic acids is 3. The second kappa shape index (κ2) is 14.8. The minimum atomic E-state index is -0.207. The maximum absolute atomic E-state index is 11.3. The first kappa shape index (κ1) is 23.8. The summed E-state index contributed by atoms with van der Waals surface area (Å²) in [7, 11) is 0. The van der Waals surface area contributed by atoms with Gasteiger partial charge in [0.15, 0.2) is 0 Å². The van der Waals surface area contributed by atoms with E-state index in [1.807, 2.05) is 0 Å². The van der Waals surface area contributed by atoms with Crippen LogP contribution in [0.25, 0.3) is 0 Å². The maximum Gasteiger partial charge on any atom is 0.302 e. The summed E-state index contributed by atoms with van der Waals surface area (Å²) >= 11 is 0. The molecule has 0 heterocycles. The van der Waals surface area contributed by atoms with Crippen LogP contribution in [0.3, 0.4) is 0 Å². The first-order valence-corrected chi connectivity index (χ1v) is 10.8. The maximum atomic E-state index is 11.3. The van der Waals surface area contributed by atoms with Crippen LogP contribution in [0.2, 0.25) is 0 Å². The molecule has 2 aliphatic carbocycles. The normalized spacial score (nSPS) is 21.9. The van der Waals surface area contributed by atoms with Crippen LogP contribution < -0.4 is 0 Å². The molecule has 0 radical (unpaired) electrons. The zero-order chi connectivity index (χ0) is 19.9. The Kier molecular flexibility index (Phi) is 13.0. The van der Waals surface area contributed by atoms with E-state index in [0.717, 1.165) is 89.9 Å². The van der Waals surface area contributed by atoms with Gasteiger partial charge in [0, 0.05) is 38.2 Å². The standard InChI is InChI=1S/C12H20O3.C10H18O2/c1-10(13)15-9-4-2-3-6-11-7-5-8-12(11)14;11-8-3-1-2-5-9-6-4-7-10(9)12/h11H,2-9H2,1H3;9,11H,1-8H2. The molecule has 0 aliphatic heterocycles. The van der Waals surface area contributed by atoms with Crippen LogP contribution in [-0.2, 0) is 19.1 Å². The van der Waals surface area contributed by atoms with E-state index >= 15 is 0 Å². The number of hydrogen-bond acceptors (Lipinski definition) is 5. The van der Waals surface area contributed by atoms with Gasteiger partial charge in [-0.1, -0.05) is 25.7 Å². The lowest BCUT2D eigenvalue weighted by atomic mass is 9.99. The minimum absolute atomic E-state index is 0.207. The summed E-state index contributed by atoms with van der Waals surface area (Å²) < 4.78 is 4.83. The molecule has 2 fully saturated rings. The number of hydrogen-bond donors (Lipinski definition) is 1. The van der Waals surface area contributed by atoms with Crippen molar-refractivity contribution in [1.29, 1.82) is 0 Å². The largest absolute Gasteiger partial charge is 0.466 e. The average Bonchev–Trinajstić information content (AvgIpc) is 3.23. The molecule has 0 bridgehead atoms. The van der Waals surface area contributed by atoms with Crippen molar-refractivity contribution in [2.24, 2.45) is 11.8 Å². The van der Waals surface area contributed by atoms with Gasteiger partial charge >= 0.3 is 5.97 Å². The molecule has 0 spiro atoms. The zero-order valence-corrected chi connectivity index (χ0v) is 17.0. The Labute approximate surface area is 164 Å². The summed E-state index contributed by atoms with van der Waals surface area (Å²) in [6, 6.07) is 0. The van der Waals surface area contributed by atoms with Crippen molar-refractivity contribution in [3.8, 4) is 0 Å².